The van der Waals surface area contributed by atoms with Crippen molar-refractivity contribution >= 4 is 27.5 Å². The Balaban J connectivity index is 1.80. The van der Waals surface area contributed by atoms with Crippen molar-refractivity contribution in [1.82, 2.24) is 10.2 Å². The number of anilines is 1. The minimum atomic E-state index is -4.17. The van der Waals surface area contributed by atoms with E-state index >= 15 is 0 Å². The Kier molecular flexibility index (Phi) is 11.4. The Bertz CT molecular complexity index is 1660. The summed E-state index contributed by atoms with van der Waals surface area (Å²) in [5.41, 5.74) is 3.02. The molecule has 0 aromatic heterocycles. The molecule has 0 saturated carbocycles. The van der Waals surface area contributed by atoms with Crippen LogP contribution in [-0.4, -0.2) is 50.4 Å². The molecule has 0 aliphatic carbocycles. The first kappa shape index (κ1) is 33.3. The molecule has 0 saturated heterocycles. The van der Waals surface area contributed by atoms with Crippen LogP contribution in [0.2, 0.25) is 0 Å². The quantitative estimate of drug-likeness (QED) is 0.192. The maximum atomic E-state index is 14.5. The second-order valence-electron chi connectivity index (χ2n) is 11.1. The van der Waals surface area contributed by atoms with Crippen molar-refractivity contribution in [3.8, 4) is 5.75 Å². The van der Waals surface area contributed by atoms with Crippen LogP contribution in [-0.2, 0) is 32.6 Å². The Morgan fingerprint density at radius 2 is 1.44 bits per heavy atom. The lowest BCUT2D eigenvalue weighted by atomic mass is 10.0. The molecular weight excluding hydrogens is 586 g/mol. The first-order valence-corrected chi connectivity index (χ1v) is 16.5. The van der Waals surface area contributed by atoms with Crippen LogP contribution in [0.4, 0.5) is 5.69 Å². The average Bonchev–Trinajstić information content (AvgIpc) is 3.02. The topological polar surface area (TPSA) is 96.0 Å². The molecule has 9 heteroatoms. The lowest BCUT2D eigenvalue weighted by Crippen LogP contribution is -2.54. The fourth-order valence-corrected chi connectivity index (χ4v) is 6.50. The van der Waals surface area contributed by atoms with E-state index in [2.05, 4.69) is 5.32 Å². The predicted octanol–water partition coefficient (Wildman–Crippen LogP) is 5.75. The fourth-order valence-electron chi connectivity index (χ4n) is 5.07. The van der Waals surface area contributed by atoms with Crippen LogP contribution >= 0.6 is 0 Å². The Hall–Kier alpha value is -4.63. The van der Waals surface area contributed by atoms with Crippen molar-refractivity contribution in [2.45, 2.75) is 57.6 Å². The lowest BCUT2D eigenvalue weighted by molar-refractivity contribution is -0.140. The number of aryl methyl sites for hydroxylation is 1. The van der Waals surface area contributed by atoms with Gasteiger partial charge in [-0.2, -0.15) is 0 Å². The summed E-state index contributed by atoms with van der Waals surface area (Å²) in [4.78, 5) is 29.8. The summed E-state index contributed by atoms with van der Waals surface area (Å²) in [6, 6.07) is 30.8. The van der Waals surface area contributed by atoms with Gasteiger partial charge in [-0.3, -0.25) is 13.9 Å². The van der Waals surface area contributed by atoms with Crippen LogP contribution < -0.4 is 14.4 Å². The molecule has 4 aromatic rings. The number of carbonyl (C=O) groups excluding carboxylic acids is 2. The van der Waals surface area contributed by atoms with Crippen molar-refractivity contribution in [3.05, 3.63) is 126 Å². The van der Waals surface area contributed by atoms with Gasteiger partial charge in [0.15, 0.2) is 0 Å². The number of benzene rings is 4. The molecular formula is C36H41N3O5S. The first-order valence-electron chi connectivity index (χ1n) is 15.1. The highest BCUT2D eigenvalue weighted by molar-refractivity contribution is 7.92. The third-order valence-corrected chi connectivity index (χ3v) is 8.97. The monoisotopic (exact) mass is 627 g/mol. The maximum Gasteiger partial charge on any atom is 0.264 e. The smallest absolute Gasteiger partial charge is 0.264 e. The molecule has 1 unspecified atom stereocenters. The van der Waals surface area contributed by atoms with Crippen molar-refractivity contribution in [1.29, 1.82) is 0 Å². The Labute approximate surface area is 266 Å². The van der Waals surface area contributed by atoms with Gasteiger partial charge in [-0.15, -0.1) is 0 Å². The van der Waals surface area contributed by atoms with Crippen molar-refractivity contribution < 1.29 is 22.7 Å². The average molecular weight is 628 g/mol. The van der Waals surface area contributed by atoms with E-state index in [1.54, 1.807) is 42.5 Å². The van der Waals surface area contributed by atoms with Gasteiger partial charge < -0.3 is 15.0 Å². The maximum absolute atomic E-state index is 14.5. The molecule has 0 heterocycles. The molecule has 4 aromatic carbocycles. The number of amides is 2. The van der Waals surface area contributed by atoms with E-state index in [0.717, 1.165) is 21.0 Å². The zero-order valence-corrected chi connectivity index (χ0v) is 27.0. The van der Waals surface area contributed by atoms with Gasteiger partial charge in [-0.25, -0.2) is 8.42 Å². The Morgan fingerprint density at radius 1 is 0.822 bits per heavy atom. The summed E-state index contributed by atoms with van der Waals surface area (Å²) < 4.78 is 34.8. The molecule has 0 aliphatic rings. The van der Waals surface area contributed by atoms with E-state index < -0.39 is 28.5 Å². The van der Waals surface area contributed by atoms with Crippen LogP contribution in [0, 0.1) is 6.92 Å². The predicted molar refractivity (Wildman–Crippen MR) is 178 cm³/mol. The minimum Gasteiger partial charge on any atom is -0.494 e. The number of sulfonamides is 1. The largest absolute Gasteiger partial charge is 0.494 e. The van der Waals surface area contributed by atoms with Crippen molar-refractivity contribution in [2.75, 3.05) is 17.5 Å². The van der Waals surface area contributed by atoms with Gasteiger partial charge in [-0.1, -0.05) is 78.4 Å². The highest BCUT2D eigenvalue weighted by Gasteiger charge is 2.34. The van der Waals surface area contributed by atoms with E-state index in [1.807, 2.05) is 82.3 Å². The fraction of sp³-hybridized carbons (Fsp3) is 0.278. The van der Waals surface area contributed by atoms with Crippen molar-refractivity contribution in [3.63, 3.8) is 0 Å². The molecule has 2 amide bonds. The highest BCUT2D eigenvalue weighted by Crippen LogP contribution is 2.27. The molecule has 0 radical (unpaired) electrons. The lowest BCUT2D eigenvalue weighted by Gasteiger charge is -2.34. The van der Waals surface area contributed by atoms with Gasteiger partial charge in [0.1, 0.15) is 18.3 Å². The summed E-state index contributed by atoms with van der Waals surface area (Å²) in [5.74, 6) is -0.239. The second-order valence-corrected chi connectivity index (χ2v) is 13.0. The van der Waals surface area contributed by atoms with E-state index in [9.17, 15) is 18.0 Å². The molecule has 1 N–H and O–H groups in total. The third kappa shape index (κ3) is 8.95. The summed E-state index contributed by atoms with van der Waals surface area (Å²) in [6.45, 7) is 7.61. The van der Waals surface area contributed by atoms with Gasteiger partial charge in [0.05, 0.1) is 17.2 Å². The molecule has 0 aliphatic heterocycles. The van der Waals surface area contributed by atoms with Crippen LogP contribution in [0.15, 0.2) is 114 Å². The van der Waals surface area contributed by atoms with Crippen LogP contribution in [0.5, 0.6) is 5.75 Å². The SMILES string of the molecule is CCOc1ccc(N(CC(=O)N(Cc2cccc(C)c2)C(Cc2ccccc2)C(=O)NC(C)C)S(=O)(=O)c2ccccc2)cc1. The highest BCUT2D eigenvalue weighted by atomic mass is 32.2. The zero-order valence-electron chi connectivity index (χ0n) is 26.2. The first-order chi connectivity index (χ1) is 21.6. The number of nitrogens with zero attached hydrogens (tertiary/aromatic N) is 2. The molecule has 45 heavy (non-hydrogen) atoms. The zero-order chi connectivity index (χ0) is 32.4. The molecule has 236 valence electrons. The number of ether oxygens (including phenoxy) is 1. The summed E-state index contributed by atoms with van der Waals surface area (Å²) in [6.07, 6.45) is 0.255. The summed E-state index contributed by atoms with van der Waals surface area (Å²) in [5, 5.41) is 2.98. The number of nitrogens with one attached hydrogen (secondary N) is 1. The van der Waals surface area contributed by atoms with Crippen LogP contribution in [0.3, 0.4) is 0 Å². The minimum absolute atomic E-state index is 0.0512. The normalized spacial score (nSPS) is 11.9. The summed E-state index contributed by atoms with van der Waals surface area (Å²) >= 11 is 0. The molecule has 1 atom stereocenters. The summed E-state index contributed by atoms with van der Waals surface area (Å²) in [7, 11) is -4.17. The van der Waals surface area contributed by atoms with Gasteiger partial charge in [-0.05, 0) is 75.2 Å². The number of hydrogen-bond donors (Lipinski definition) is 1. The van der Waals surface area contributed by atoms with E-state index in [0.29, 0.717) is 18.0 Å². The van der Waals surface area contributed by atoms with Crippen molar-refractivity contribution in [2.24, 2.45) is 0 Å². The second kappa shape index (κ2) is 15.4. The van der Waals surface area contributed by atoms with Gasteiger partial charge in [0, 0.05) is 19.0 Å². The standard InChI is InChI=1S/C36H41N3O5S/c1-5-44-32-21-19-31(20-22-32)39(45(42,43)33-17-10-7-11-18-33)26-35(40)38(25-30-16-12-13-28(4)23-30)34(36(41)37-27(2)3)24-29-14-8-6-9-15-29/h6-23,27,34H,5,24-26H2,1-4H3,(H,37,41). The number of carbonyl (C=O) groups is 2. The molecule has 0 fully saturated rings. The van der Waals surface area contributed by atoms with Crippen LogP contribution in [0.1, 0.15) is 37.5 Å². The molecule has 0 bridgehead atoms. The van der Waals surface area contributed by atoms with Gasteiger partial charge in [0.25, 0.3) is 10.0 Å². The number of rotatable bonds is 14. The number of hydrogen-bond acceptors (Lipinski definition) is 5. The molecule has 4 rings (SSSR count). The van der Waals surface area contributed by atoms with Crippen LogP contribution in [0.25, 0.3) is 0 Å². The van der Waals surface area contributed by atoms with Gasteiger partial charge in [0.2, 0.25) is 11.8 Å². The van der Waals surface area contributed by atoms with E-state index in [1.165, 1.54) is 17.0 Å². The Morgan fingerprint density at radius 3 is 2.04 bits per heavy atom. The van der Waals surface area contributed by atoms with E-state index in [-0.39, 0.29) is 29.8 Å². The van der Waals surface area contributed by atoms with Gasteiger partial charge >= 0.3 is 0 Å². The van der Waals surface area contributed by atoms with E-state index in [4.69, 9.17) is 4.74 Å². The third-order valence-electron chi connectivity index (χ3n) is 7.18. The molecule has 0 spiro atoms. The molecule has 8 nitrogen and oxygen atoms in total.